The summed E-state index contributed by atoms with van der Waals surface area (Å²) in [6, 6.07) is 14.4. The first-order valence-electron chi connectivity index (χ1n) is 6.75. The van der Waals surface area contributed by atoms with Crippen LogP contribution < -0.4 is 11.3 Å². The number of nitrogens with two attached hydrogens (primary N) is 1. The molecule has 0 fully saturated rings. The molecule has 0 bridgehead atoms. The average molecular weight is 342 g/mol. The van der Waals surface area contributed by atoms with E-state index in [0.29, 0.717) is 0 Å². The number of hydrogen-bond acceptors (Lipinski definition) is 3. The van der Waals surface area contributed by atoms with Crippen LogP contribution in [-0.2, 0) is 0 Å². The van der Waals surface area contributed by atoms with Crippen LogP contribution in [0.3, 0.4) is 0 Å². The number of aromatic nitrogens is 1. The van der Waals surface area contributed by atoms with Crippen molar-refractivity contribution >= 4 is 26.7 Å². The first-order chi connectivity index (χ1) is 10.2. The van der Waals surface area contributed by atoms with Crippen LogP contribution >= 0.6 is 15.9 Å². The van der Waals surface area contributed by atoms with E-state index in [2.05, 4.69) is 63.6 Å². The number of hydrogen-bond donors (Lipinski definition) is 2. The molecular formula is C17H16BrN3. The highest BCUT2D eigenvalue weighted by atomic mass is 79.9. The molecule has 21 heavy (non-hydrogen) atoms. The van der Waals surface area contributed by atoms with Gasteiger partial charge in [-0.2, -0.15) is 0 Å². The molecule has 0 saturated carbocycles. The fraction of sp³-hybridized carbons (Fsp3) is 0.118. The molecule has 0 radical (unpaired) electrons. The molecule has 4 heteroatoms. The summed E-state index contributed by atoms with van der Waals surface area (Å²) in [6.07, 6.45) is 3.69. The molecule has 3 rings (SSSR count). The number of nitrogens with one attached hydrogen (secondary N) is 1. The van der Waals surface area contributed by atoms with E-state index in [0.717, 1.165) is 26.4 Å². The van der Waals surface area contributed by atoms with Gasteiger partial charge >= 0.3 is 0 Å². The number of halogens is 1. The molecule has 3 aromatic rings. The Morgan fingerprint density at radius 3 is 2.81 bits per heavy atom. The summed E-state index contributed by atoms with van der Waals surface area (Å²) >= 11 is 3.58. The molecule has 0 aliphatic carbocycles. The molecule has 1 heterocycles. The molecule has 1 atom stereocenters. The summed E-state index contributed by atoms with van der Waals surface area (Å²) in [7, 11) is 0. The minimum Gasteiger partial charge on any atom is -0.271 e. The van der Waals surface area contributed by atoms with Crippen LogP contribution in [0, 0.1) is 6.92 Å². The van der Waals surface area contributed by atoms with Gasteiger partial charge < -0.3 is 0 Å². The standard InChI is InChI=1S/C17H16BrN3/c1-11-5-6-13(9-16(11)18)17(21-19)14-4-2-3-12-7-8-20-10-15(12)14/h2-10,17,21H,19H2,1H3. The van der Waals surface area contributed by atoms with Crippen molar-refractivity contribution in [1.82, 2.24) is 10.4 Å². The normalized spacial score (nSPS) is 12.5. The number of benzene rings is 2. The van der Waals surface area contributed by atoms with Gasteiger partial charge in [0, 0.05) is 22.3 Å². The van der Waals surface area contributed by atoms with Gasteiger partial charge in [0.1, 0.15) is 0 Å². The Labute approximate surface area is 132 Å². The lowest BCUT2D eigenvalue weighted by Crippen LogP contribution is -2.29. The van der Waals surface area contributed by atoms with Crippen LogP contribution in [0.5, 0.6) is 0 Å². The quantitative estimate of drug-likeness (QED) is 0.561. The lowest BCUT2D eigenvalue weighted by molar-refractivity contribution is 0.640. The van der Waals surface area contributed by atoms with Gasteiger partial charge in [0.15, 0.2) is 0 Å². The Morgan fingerprint density at radius 2 is 2.05 bits per heavy atom. The fourth-order valence-electron chi connectivity index (χ4n) is 2.54. The summed E-state index contributed by atoms with van der Waals surface area (Å²) in [5.41, 5.74) is 6.37. The predicted molar refractivity (Wildman–Crippen MR) is 89.8 cm³/mol. The maximum absolute atomic E-state index is 5.83. The number of nitrogens with zero attached hydrogens (tertiary/aromatic N) is 1. The summed E-state index contributed by atoms with van der Waals surface area (Å²) < 4.78 is 1.08. The molecule has 1 unspecified atom stereocenters. The predicted octanol–water partition coefficient (Wildman–Crippen LogP) is 3.86. The molecule has 2 aromatic carbocycles. The molecular weight excluding hydrogens is 326 g/mol. The Balaban J connectivity index is 2.16. The van der Waals surface area contributed by atoms with E-state index in [-0.39, 0.29) is 6.04 Å². The van der Waals surface area contributed by atoms with Crippen LogP contribution in [0.15, 0.2) is 59.3 Å². The zero-order valence-corrected chi connectivity index (χ0v) is 13.3. The van der Waals surface area contributed by atoms with Gasteiger partial charge in [-0.1, -0.05) is 46.3 Å². The lowest BCUT2D eigenvalue weighted by atomic mass is 9.94. The topological polar surface area (TPSA) is 50.9 Å². The monoisotopic (exact) mass is 341 g/mol. The third-order valence-corrected chi connectivity index (χ3v) is 4.58. The number of fused-ring (bicyclic) bond motifs is 1. The van der Waals surface area contributed by atoms with Gasteiger partial charge in [-0.05, 0) is 41.1 Å². The molecule has 106 valence electrons. The summed E-state index contributed by atoms with van der Waals surface area (Å²) in [5.74, 6) is 5.83. The molecule has 0 saturated heterocycles. The molecule has 0 spiro atoms. The van der Waals surface area contributed by atoms with E-state index < -0.39 is 0 Å². The SMILES string of the molecule is Cc1ccc(C(NN)c2cccc3ccncc23)cc1Br. The van der Waals surface area contributed by atoms with Crippen molar-refractivity contribution in [3.8, 4) is 0 Å². The van der Waals surface area contributed by atoms with Crippen molar-refractivity contribution in [3.63, 3.8) is 0 Å². The fourth-order valence-corrected chi connectivity index (χ4v) is 2.94. The van der Waals surface area contributed by atoms with Crippen LogP contribution in [0.4, 0.5) is 0 Å². The van der Waals surface area contributed by atoms with E-state index in [9.17, 15) is 0 Å². The Hall–Kier alpha value is -1.75. The van der Waals surface area contributed by atoms with Gasteiger partial charge in [0.25, 0.3) is 0 Å². The average Bonchev–Trinajstić information content (AvgIpc) is 2.52. The van der Waals surface area contributed by atoms with Crippen molar-refractivity contribution in [3.05, 3.63) is 76.0 Å². The summed E-state index contributed by atoms with van der Waals surface area (Å²) in [5, 5.41) is 2.27. The second-order valence-corrected chi connectivity index (χ2v) is 5.91. The van der Waals surface area contributed by atoms with Gasteiger partial charge in [0.2, 0.25) is 0 Å². The molecule has 3 nitrogen and oxygen atoms in total. The Bertz CT molecular complexity index is 781. The van der Waals surface area contributed by atoms with Gasteiger partial charge in [-0.3, -0.25) is 10.8 Å². The second-order valence-electron chi connectivity index (χ2n) is 5.05. The first-order valence-corrected chi connectivity index (χ1v) is 7.55. The molecule has 3 N–H and O–H groups in total. The zero-order valence-electron chi connectivity index (χ0n) is 11.7. The van der Waals surface area contributed by atoms with Gasteiger partial charge in [-0.15, -0.1) is 0 Å². The number of pyridine rings is 1. The highest BCUT2D eigenvalue weighted by Crippen LogP contribution is 2.30. The molecule has 0 aliphatic rings. The van der Waals surface area contributed by atoms with Crippen molar-refractivity contribution in [2.45, 2.75) is 13.0 Å². The third-order valence-electron chi connectivity index (χ3n) is 3.72. The second kappa shape index (κ2) is 5.93. The highest BCUT2D eigenvalue weighted by molar-refractivity contribution is 9.10. The van der Waals surface area contributed by atoms with E-state index >= 15 is 0 Å². The van der Waals surface area contributed by atoms with Crippen molar-refractivity contribution in [1.29, 1.82) is 0 Å². The first kappa shape index (κ1) is 14.2. The Morgan fingerprint density at radius 1 is 1.19 bits per heavy atom. The van der Waals surface area contributed by atoms with Crippen molar-refractivity contribution in [2.24, 2.45) is 5.84 Å². The van der Waals surface area contributed by atoms with E-state index in [1.54, 1.807) is 6.20 Å². The highest BCUT2D eigenvalue weighted by Gasteiger charge is 2.15. The number of hydrazine groups is 1. The smallest absolute Gasteiger partial charge is 0.0717 e. The third kappa shape index (κ3) is 2.70. The van der Waals surface area contributed by atoms with Crippen LogP contribution in [0.25, 0.3) is 10.8 Å². The lowest BCUT2D eigenvalue weighted by Gasteiger charge is -2.19. The molecule has 1 aromatic heterocycles. The van der Waals surface area contributed by atoms with E-state index in [1.807, 2.05) is 18.3 Å². The number of rotatable bonds is 3. The van der Waals surface area contributed by atoms with Crippen molar-refractivity contribution in [2.75, 3.05) is 0 Å². The Kier molecular flexibility index (Phi) is 4.01. The summed E-state index contributed by atoms with van der Waals surface area (Å²) in [4.78, 5) is 4.24. The zero-order chi connectivity index (χ0) is 14.8. The molecule has 0 amide bonds. The van der Waals surface area contributed by atoms with Crippen LogP contribution in [0.1, 0.15) is 22.7 Å². The number of aryl methyl sites for hydroxylation is 1. The van der Waals surface area contributed by atoms with E-state index in [4.69, 9.17) is 5.84 Å². The minimum atomic E-state index is -0.0743. The van der Waals surface area contributed by atoms with Gasteiger partial charge in [0.05, 0.1) is 6.04 Å². The maximum Gasteiger partial charge on any atom is 0.0717 e. The van der Waals surface area contributed by atoms with Crippen LogP contribution in [-0.4, -0.2) is 4.98 Å². The van der Waals surface area contributed by atoms with E-state index in [1.165, 1.54) is 5.56 Å². The van der Waals surface area contributed by atoms with Crippen LogP contribution in [0.2, 0.25) is 0 Å². The largest absolute Gasteiger partial charge is 0.271 e. The maximum atomic E-state index is 5.83. The minimum absolute atomic E-state index is 0.0743. The molecule has 0 aliphatic heterocycles. The summed E-state index contributed by atoms with van der Waals surface area (Å²) in [6.45, 7) is 2.07. The van der Waals surface area contributed by atoms with Gasteiger partial charge in [-0.25, -0.2) is 5.43 Å². The van der Waals surface area contributed by atoms with Crippen molar-refractivity contribution < 1.29 is 0 Å².